The molecule has 0 saturated heterocycles. The zero-order valence-corrected chi connectivity index (χ0v) is 7.95. The second-order valence-electron chi connectivity index (χ2n) is 0. The molecule has 0 saturated carbocycles. The van der Waals surface area contributed by atoms with E-state index in [9.17, 15) is 0 Å². The van der Waals surface area contributed by atoms with Crippen LogP contribution in [-0.2, 0) is 19.5 Å². The summed E-state index contributed by atoms with van der Waals surface area (Å²) in [5.74, 6) is 0. The van der Waals surface area contributed by atoms with E-state index in [0.29, 0.717) is 0 Å². The molecule has 5 heavy (non-hydrogen) atoms. The zero-order chi connectivity index (χ0) is 0. The summed E-state index contributed by atoms with van der Waals surface area (Å²) in [5, 5.41) is 0. The largest absolute Gasteiger partial charge is 0.358 e. The standard InChI is InChI=1S/CH3.2B.BrH.Zn/h1H3;;;1H;/q-1;;;;. The van der Waals surface area contributed by atoms with Crippen LogP contribution in [0, 0.1) is 7.43 Å². The van der Waals surface area contributed by atoms with Crippen LogP contribution < -0.4 is 0 Å². The number of hydrogen-bond donors (Lipinski definition) is 0. The van der Waals surface area contributed by atoms with Gasteiger partial charge in [0, 0.05) is 36.3 Å². The predicted octanol–water partition coefficient (Wildman–Crippen LogP) is 0.264. The van der Waals surface area contributed by atoms with E-state index >= 15 is 0 Å². The van der Waals surface area contributed by atoms with Crippen molar-refractivity contribution in [2.24, 2.45) is 0 Å². The molecule has 0 rings (SSSR count). The van der Waals surface area contributed by atoms with Crippen molar-refractivity contribution >= 4 is 33.8 Å². The van der Waals surface area contributed by atoms with Gasteiger partial charge in [0.25, 0.3) is 0 Å². The van der Waals surface area contributed by atoms with Gasteiger partial charge in [0.15, 0.2) is 0 Å². The van der Waals surface area contributed by atoms with Crippen molar-refractivity contribution in [1.82, 2.24) is 0 Å². The Balaban J connectivity index is 0. The maximum Gasteiger partial charge on any atom is 0 e. The maximum atomic E-state index is 0. The molecule has 0 aliphatic heterocycles. The van der Waals surface area contributed by atoms with Crippen molar-refractivity contribution in [1.29, 1.82) is 0 Å². The fourth-order valence-electron chi connectivity index (χ4n) is 0. The smallest absolute Gasteiger partial charge is 0 e. The topological polar surface area (TPSA) is 0 Å². The first-order chi connectivity index (χ1) is 0. The van der Waals surface area contributed by atoms with E-state index in [4.69, 9.17) is 0 Å². The van der Waals surface area contributed by atoms with E-state index in [-0.39, 0.29) is 60.7 Å². The minimum atomic E-state index is 0. The Morgan fingerprint density at radius 3 is 0.800 bits per heavy atom. The van der Waals surface area contributed by atoms with Gasteiger partial charge in [-0.05, 0) is 0 Å². The van der Waals surface area contributed by atoms with Gasteiger partial charge >= 0.3 is 0 Å². The molecule has 0 aromatic carbocycles. The van der Waals surface area contributed by atoms with Gasteiger partial charge in [-0.3, -0.25) is 0 Å². The third-order valence-corrected chi connectivity index (χ3v) is 0. The van der Waals surface area contributed by atoms with Crippen molar-refractivity contribution in [3.8, 4) is 0 Å². The van der Waals surface area contributed by atoms with E-state index < -0.39 is 0 Å². The van der Waals surface area contributed by atoms with Crippen LogP contribution in [0.3, 0.4) is 0 Å². The molecule has 0 bridgehead atoms. The predicted molar refractivity (Wildman–Crippen MR) is 28.2 cm³/mol. The first-order valence-electron chi connectivity index (χ1n) is 0. The molecule has 4 heteroatoms. The molecule has 0 unspecified atom stereocenters. The Morgan fingerprint density at radius 1 is 0.800 bits per heavy atom. The van der Waals surface area contributed by atoms with Crippen LogP contribution in [0.4, 0.5) is 0 Å². The minimum Gasteiger partial charge on any atom is -0.358 e. The molecule has 0 N–H and O–H groups in total. The van der Waals surface area contributed by atoms with E-state index in [1.165, 1.54) is 0 Å². The molecule has 0 atom stereocenters. The summed E-state index contributed by atoms with van der Waals surface area (Å²) < 4.78 is 0. The Kier molecular flexibility index (Phi) is 1380. The fourth-order valence-corrected chi connectivity index (χ4v) is 0. The molecular formula is CH4B2BrZn-. The average Bonchev–Trinajstić information content (AvgIpc) is 0. The van der Waals surface area contributed by atoms with E-state index in [1.54, 1.807) is 0 Å². The van der Waals surface area contributed by atoms with Crippen LogP contribution in [0.25, 0.3) is 0 Å². The molecule has 0 fully saturated rings. The SMILES string of the molecule is Br.[B].[B].[CH3-].[Zn]. The summed E-state index contributed by atoms with van der Waals surface area (Å²) >= 11 is 0. The third-order valence-electron chi connectivity index (χ3n) is 0. The molecule has 0 amide bonds. The molecule has 24 valence electrons. The second-order valence-corrected chi connectivity index (χ2v) is 0. The Morgan fingerprint density at radius 2 is 0.800 bits per heavy atom. The van der Waals surface area contributed by atoms with Crippen LogP contribution >= 0.6 is 17.0 Å². The van der Waals surface area contributed by atoms with Crippen molar-refractivity contribution in [2.75, 3.05) is 0 Å². The van der Waals surface area contributed by atoms with Crippen molar-refractivity contribution in [3.05, 3.63) is 7.43 Å². The summed E-state index contributed by atoms with van der Waals surface area (Å²) in [4.78, 5) is 0. The summed E-state index contributed by atoms with van der Waals surface area (Å²) in [6, 6.07) is 0. The van der Waals surface area contributed by atoms with Crippen LogP contribution in [0.2, 0.25) is 0 Å². The van der Waals surface area contributed by atoms with Gasteiger partial charge in [0.2, 0.25) is 0 Å². The first kappa shape index (κ1) is 112. The van der Waals surface area contributed by atoms with Crippen LogP contribution in [0.15, 0.2) is 0 Å². The Labute approximate surface area is 60.8 Å². The molecule has 0 spiro atoms. The normalized spacial score (nSPS) is 0. The molecule has 0 nitrogen and oxygen atoms in total. The maximum absolute atomic E-state index is 0. The molecule has 0 aliphatic rings. The molecule has 0 aliphatic carbocycles. The van der Waals surface area contributed by atoms with Crippen molar-refractivity contribution < 1.29 is 19.5 Å². The summed E-state index contributed by atoms with van der Waals surface area (Å²) in [5.41, 5.74) is 0. The Bertz CT molecular complexity index is 9.61. The van der Waals surface area contributed by atoms with Crippen LogP contribution in [-0.4, -0.2) is 16.8 Å². The van der Waals surface area contributed by atoms with Gasteiger partial charge in [-0.15, -0.1) is 17.0 Å². The van der Waals surface area contributed by atoms with E-state index in [2.05, 4.69) is 0 Å². The van der Waals surface area contributed by atoms with Crippen LogP contribution in [0.5, 0.6) is 0 Å². The van der Waals surface area contributed by atoms with Gasteiger partial charge in [0.05, 0.1) is 0 Å². The number of rotatable bonds is 0. The Hall–Kier alpha value is 1.23. The summed E-state index contributed by atoms with van der Waals surface area (Å²) in [6.45, 7) is 0. The van der Waals surface area contributed by atoms with E-state index in [0.717, 1.165) is 0 Å². The first-order valence-corrected chi connectivity index (χ1v) is 0. The number of halogens is 1. The molecule has 0 aromatic heterocycles. The molecular weight excluding hydrogens is 179 g/mol. The van der Waals surface area contributed by atoms with Gasteiger partial charge in [0.1, 0.15) is 0 Å². The van der Waals surface area contributed by atoms with Gasteiger partial charge in [-0.2, -0.15) is 0 Å². The van der Waals surface area contributed by atoms with Crippen LogP contribution in [0.1, 0.15) is 0 Å². The van der Waals surface area contributed by atoms with E-state index in [1.807, 2.05) is 0 Å². The second kappa shape index (κ2) is 61.7. The molecule has 6 radical (unpaired) electrons. The summed E-state index contributed by atoms with van der Waals surface area (Å²) in [7, 11) is 0. The van der Waals surface area contributed by atoms with Crippen molar-refractivity contribution in [2.45, 2.75) is 0 Å². The van der Waals surface area contributed by atoms with Gasteiger partial charge < -0.3 is 7.43 Å². The number of hydrogen-bond acceptors (Lipinski definition) is 0. The fraction of sp³-hybridized carbons (Fsp3) is 0. The van der Waals surface area contributed by atoms with Gasteiger partial charge in [-0.1, -0.05) is 0 Å². The third kappa shape index (κ3) is 36.0. The van der Waals surface area contributed by atoms with Crippen molar-refractivity contribution in [3.63, 3.8) is 0 Å². The van der Waals surface area contributed by atoms with Gasteiger partial charge in [-0.25, -0.2) is 0 Å². The quantitative estimate of drug-likeness (QED) is 0.373. The summed E-state index contributed by atoms with van der Waals surface area (Å²) in [6.07, 6.45) is 0. The minimum absolute atomic E-state index is 0. The average molecular weight is 183 g/mol. The molecule has 0 aromatic rings. The monoisotopic (exact) mass is 181 g/mol. The zero-order valence-electron chi connectivity index (χ0n) is 3.27. The molecule has 0 heterocycles.